The van der Waals surface area contributed by atoms with Gasteiger partial charge in [0.2, 0.25) is 0 Å². The first-order valence-corrected chi connectivity index (χ1v) is 9.49. The van der Waals surface area contributed by atoms with Gasteiger partial charge in [0.15, 0.2) is 0 Å². The average molecular weight is 437 g/mol. The Morgan fingerprint density at radius 3 is 2.32 bits per heavy atom. The Kier molecular flexibility index (Phi) is 4.60. The molecule has 0 spiro atoms. The van der Waals surface area contributed by atoms with Gasteiger partial charge in [0.1, 0.15) is 0 Å². The lowest BCUT2D eigenvalue weighted by Gasteiger charge is -2.10. The van der Waals surface area contributed by atoms with Gasteiger partial charge in [0.25, 0.3) is 11.5 Å². The van der Waals surface area contributed by atoms with Crippen LogP contribution in [0, 0.1) is 6.92 Å². The van der Waals surface area contributed by atoms with Crippen molar-refractivity contribution in [3.05, 3.63) is 86.3 Å². The molecule has 0 unspecified atom stereocenters. The largest absolute Gasteiger partial charge is 0.295 e. The second-order valence-electron chi connectivity index (χ2n) is 6.46. The van der Waals surface area contributed by atoms with Gasteiger partial charge in [-0.25, -0.2) is 4.68 Å². The molecule has 6 nitrogen and oxygen atoms in total. The number of nitrogens with one attached hydrogen (secondary N) is 1. The number of amides is 1. The summed E-state index contributed by atoms with van der Waals surface area (Å²) in [6.45, 7) is 3.58. The van der Waals surface area contributed by atoms with Crippen molar-refractivity contribution in [2.24, 2.45) is 5.10 Å². The summed E-state index contributed by atoms with van der Waals surface area (Å²) in [5.74, 6) is -0.251. The molecule has 1 amide bonds. The highest BCUT2D eigenvalue weighted by Crippen LogP contribution is 2.24. The zero-order valence-electron chi connectivity index (χ0n) is 15.3. The van der Waals surface area contributed by atoms with Crippen molar-refractivity contribution in [1.29, 1.82) is 0 Å². The van der Waals surface area contributed by atoms with Crippen molar-refractivity contribution in [1.82, 2.24) is 9.78 Å². The number of carbonyl (C=O) groups is 1. The highest BCUT2D eigenvalue weighted by atomic mass is 79.9. The molecule has 0 saturated carbocycles. The van der Waals surface area contributed by atoms with E-state index in [0.717, 1.165) is 10.2 Å². The van der Waals surface area contributed by atoms with Crippen LogP contribution in [0.25, 0.3) is 11.8 Å². The molecule has 0 saturated heterocycles. The van der Waals surface area contributed by atoms with Crippen LogP contribution in [-0.2, 0) is 4.79 Å². The van der Waals surface area contributed by atoms with E-state index in [4.69, 9.17) is 0 Å². The van der Waals surface area contributed by atoms with Crippen LogP contribution < -0.4 is 10.6 Å². The number of hydrogen-bond donors (Lipinski definition) is 1. The van der Waals surface area contributed by atoms with E-state index in [1.165, 1.54) is 9.69 Å². The standard InChI is InChI=1S/C21H17BrN4O2/c1-13-18(20(27)25(23-13)16-6-4-3-5-7-16)12-19-14(2)24-26(21(19)28)17-10-8-15(22)9-11-17/h3-12,24H,1-2H3. The van der Waals surface area contributed by atoms with Crippen LogP contribution in [-0.4, -0.2) is 21.4 Å². The maximum Gasteiger partial charge on any atom is 0.280 e. The molecule has 28 heavy (non-hydrogen) atoms. The van der Waals surface area contributed by atoms with E-state index < -0.39 is 0 Å². The molecule has 0 fully saturated rings. The number of aromatic amines is 1. The Morgan fingerprint density at radius 2 is 1.64 bits per heavy atom. The predicted octanol–water partition coefficient (Wildman–Crippen LogP) is 4.04. The summed E-state index contributed by atoms with van der Waals surface area (Å²) >= 11 is 3.39. The van der Waals surface area contributed by atoms with E-state index in [1.54, 1.807) is 13.0 Å². The van der Waals surface area contributed by atoms with Gasteiger partial charge in [-0.05, 0) is 56.3 Å². The maximum atomic E-state index is 12.9. The normalized spacial score (nSPS) is 15.4. The molecule has 3 aromatic rings. The second kappa shape index (κ2) is 7.09. The Bertz CT molecular complexity index is 1170. The number of hydrogen-bond acceptors (Lipinski definition) is 3. The number of carbonyl (C=O) groups excluding carboxylic acids is 1. The number of anilines is 1. The van der Waals surface area contributed by atoms with Crippen molar-refractivity contribution >= 4 is 39.3 Å². The van der Waals surface area contributed by atoms with Gasteiger partial charge in [0, 0.05) is 10.2 Å². The number of benzene rings is 2. The molecule has 2 aromatic carbocycles. The lowest BCUT2D eigenvalue weighted by atomic mass is 10.1. The molecule has 2 heterocycles. The molecule has 1 aliphatic rings. The first-order chi connectivity index (χ1) is 13.5. The zero-order valence-corrected chi connectivity index (χ0v) is 16.9. The van der Waals surface area contributed by atoms with Crippen LogP contribution in [0.1, 0.15) is 18.2 Å². The summed E-state index contributed by atoms with van der Waals surface area (Å²) in [6, 6.07) is 16.6. The topological polar surface area (TPSA) is 70.5 Å². The summed E-state index contributed by atoms with van der Waals surface area (Å²) in [6.07, 6.45) is 1.62. The first kappa shape index (κ1) is 18.2. The number of halogens is 1. The van der Waals surface area contributed by atoms with Crippen LogP contribution in [0.2, 0.25) is 0 Å². The van der Waals surface area contributed by atoms with Crippen LogP contribution in [0.15, 0.2) is 74.5 Å². The Labute approximate surface area is 169 Å². The Hall–Kier alpha value is -3.19. The van der Waals surface area contributed by atoms with E-state index in [9.17, 15) is 9.59 Å². The molecule has 0 radical (unpaired) electrons. The summed E-state index contributed by atoms with van der Waals surface area (Å²) in [5, 5.41) is 8.79. The molecule has 140 valence electrons. The third-order valence-electron chi connectivity index (χ3n) is 4.55. The molecule has 0 atom stereocenters. The van der Waals surface area contributed by atoms with Crippen LogP contribution in [0.5, 0.6) is 0 Å². The van der Waals surface area contributed by atoms with Gasteiger partial charge in [-0.3, -0.25) is 14.7 Å². The molecule has 0 bridgehead atoms. The number of para-hydroxylation sites is 1. The van der Waals surface area contributed by atoms with E-state index in [0.29, 0.717) is 28.2 Å². The molecule has 4 rings (SSSR count). The van der Waals surface area contributed by atoms with Gasteiger partial charge >= 0.3 is 0 Å². The third-order valence-corrected chi connectivity index (χ3v) is 5.08. The SMILES string of the molecule is CC1=NN(c2ccccc2)C(=O)C1=Cc1c(C)[nH]n(-c2ccc(Br)cc2)c1=O. The van der Waals surface area contributed by atoms with E-state index >= 15 is 0 Å². The third kappa shape index (κ3) is 3.14. The van der Waals surface area contributed by atoms with Gasteiger partial charge in [-0.2, -0.15) is 10.1 Å². The molecular formula is C21H17BrN4O2. The molecule has 7 heteroatoms. The number of rotatable bonds is 3. The minimum atomic E-state index is -0.251. The Balaban J connectivity index is 1.74. The van der Waals surface area contributed by atoms with Crippen LogP contribution in [0.3, 0.4) is 0 Å². The van der Waals surface area contributed by atoms with E-state index in [-0.39, 0.29) is 11.5 Å². The number of hydrazone groups is 1. The lowest BCUT2D eigenvalue weighted by molar-refractivity contribution is -0.114. The fraction of sp³-hybridized carbons (Fsp3) is 0.0952. The highest BCUT2D eigenvalue weighted by molar-refractivity contribution is 9.10. The zero-order chi connectivity index (χ0) is 19.8. The quantitative estimate of drug-likeness (QED) is 0.629. The first-order valence-electron chi connectivity index (χ1n) is 8.70. The van der Waals surface area contributed by atoms with Gasteiger partial charge in [-0.1, -0.05) is 34.1 Å². The van der Waals surface area contributed by atoms with Crippen molar-refractivity contribution in [3.63, 3.8) is 0 Å². The monoisotopic (exact) mass is 436 g/mol. The summed E-state index contributed by atoms with van der Waals surface area (Å²) in [4.78, 5) is 25.8. The lowest BCUT2D eigenvalue weighted by Crippen LogP contribution is -2.21. The maximum absolute atomic E-state index is 12.9. The summed E-state index contributed by atoms with van der Waals surface area (Å²) in [5.41, 5.74) is 3.29. The van der Waals surface area contributed by atoms with E-state index in [2.05, 4.69) is 26.1 Å². The van der Waals surface area contributed by atoms with E-state index in [1.807, 2.05) is 61.5 Å². The van der Waals surface area contributed by atoms with Crippen molar-refractivity contribution in [2.75, 3.05) is 5.01 Å². The molecular weight excluding hydrogens is 420 g/mol. The summed E-state index contributed by atoms with van der Waals surface area (Å²) in [7, 11) is 0. The molecule has 1 N–H and O–H groups in total. The minimum absolute atomic E-state index is 0.217. The fourth-order valence-corrected chi connectivity index (χ4v) is 3.34. The number of nitrogens with zero attached hydrogens (tertiary/aromatic N) is 3. The molecule has 1 aliphatic heterocycles. The number of aromatic nitrogens is 2. The highest BCUT2D eigenvalue weighted by Gasteiger charge is 2.29. The van der Waals surface area contributed by atoms with Gasteiger partial charge in [-0.15, -0.1) is 0 Å². The van der Waals surface area contributed by atoms with Crippen LogP contribution >= 0.6 is 15.9 Å². The van der Waals surface area contributed by atoms with Gasteiger partial charge in [0.05, 0.1) is 28.2 Å². The predicted molar refractivity (Wildman–Crippen MR) is 114 cm³/mol. The number of H-pyrrole nitrogens is 1. The van der Waals surface area contributed by atoms with Crippen LogP contribution in [0.4, 0.5) is 5.69 Å². The minimum Gasteiger partial charge on any atom is -0.295 e. The van der Waals surface area contributed by atoms with Crippen molar-refractivity contribution < 1.29 is 4.79 Å². The molecule has 1 aromatic heterocycles. The average Bonchev–Trinajstić information content (AvgIpc) is 3.14. The number of aryl methyl sites for hydroxylation is 1. The van der Waals surface area contributed by atoms with Gasteiger partial charge < -0.3 is 0 Å². The van der Waals surface area contributed by atoms with Crippen molar-refractivity contribution in [2.45, 2.75) is 13.8 Å². The second-order valence-corrected chi connectivity index (χ2v) is 7.38. The summed E-state index contributed by atoms with van der Waals surface area (Å²) < 4.78 is 2.40. The fourth-order valence-electron chi connectivity index (χ4n) is 3.07. The molecule has 0 aliphatic carbocycles. The van der Waals surface area contributed by atoms with Crippen molar-refractivity contribution in [3.8, 4) is 5.69 Å². The Morgan fingerprint density at radius 1 is 0.964 bits per heavy atom. The smallest absolute Gasteiger partial charge is 0.280 e.